The maximum absolute atomic E-state index is 4.74. The van der Waals surface area contributed by atoms with E-state index in [9.17, 15) is 0 Å². The van der Waals surface area contributed by atoms with Gasteiger partial charge in [0.05, 0.1) is 5.69 Å². The van der Waals surface area contributed by atoms with E-state index in [1.807, 2.05) is 0 Å². The van der Waals surface area contributed by atoms with Gasteiger partial charge in [0.25, 0.3) is 0 Å². The third-order valence-electron chi connectivity index (χ3n) is 3.08. The van der Waals surface area contributed by atoms with Gasteiger partial charge in [0.2, 0.25) is 0 Å². The summed E-state index contributed by atoms with van der Waals surface area (Å²) >= 11 is 3.85. The summed E-state index contributed by atoms with van der Waals surface area (Å²) in [4.78, 5) is 7.26. The predicted molar refractivity (Wildman–Crippen MR) is 85.9 cm³/mol. The minimum atomic E-state index is 0.158. The fourth-order valence-corrected chi connectivity index (χ4v) is 3.91. The lowest BCUT2D eigenvalue weighted by Gasteiger charge is -2.29. The first kappa shape index (κ1) is 15.3. The molecule has 3 nitrogen and oxygen atoms in total. The van der Waals surface area contributed by atoms with Gasteiger partial charge in [-0.15, -0.1) is 11.3 Å². The zero-order valence-corrected chi connectivity index (χ0v) is 14.0. The van der Waals surface area contributed by atoms with Crippen molar-refractivity contribution in [2.24, 2.45) is 0 Å². The quantitative estimate of drug-likeness (QED) is 0.925. The number of hydrogen-bond acceptors (Lipinski definition) is 5. The second-order valence-corrected chi connectivity index (χ2v) is 8.74. The van der Waals surface area contributed by atoms with Gasteiger partial charge in [0.1, 0.15) is 5.01 Å². The van der Waals surface area contributed by atoms with Gasteiger partial charge in [-0.2, -0.15) is 11.8 Å². The molecule has 0 spiro atoms. The topological polar surface area (TPSA) is 28.2 Å². The van der Waals surface area contributed by atoms with Crippen molar-refractivity contribution in [3.05, 3.63) is 16.1 Å². The third kappa shape index (κ3) is 5.42. The van der Waals surface area contributed by atoms with Gasteiger partial charge in [0.15, 0.2) is 0 Å². The van der Waals surface area contributed by atoms with Crippen LogP contribution in [0.1, 0.15) is 38.4 Å². The fourth-order valence-electron chi connectivity index (χ4n) is 2.11. The second kappa shape index (κ2) is 6.57. The molecule has 1 atom stereocenters. The highest BCUT2D eigenvalue weighted by Gasteiger charge is 2.18. The number of hydrogen-bond donors (Lipinski definition) is 1. The zero-order chi connectivity index (χ0) is 13.9. The van der Waals surface area contributed by atoms with Crippen molar-refractivity contribution in [1.82, 2.24) is 15.2 Å². The summed E-state index contributed by atoms with van der Waals surface area (Å²) in [6, 6.07) is 0. The average Bonchev–Trinajstić information content (AvgIpc) is 2.73. The molecule has 1 fully saturated rings. The summed E-state index contributed by atoms with van der Waals surface area (Å²) < 4.78 is 0. The molecular formula is C14H25N3S2. The number of aromatic nitrogens is 1. The van der Waals surface area contributed by atoms with Gasteiger partial charge < -0.3 is 5.32 Å². The van der Waals surface area contributed by atoms with E-state index in [4.69, 9.17) is 4.98 Å². The Balaban J connectivity index is 1.83. The molecule has 108 valence electrons. The molecule has 0 aromatic carbocycles. The maximum atomic E-state index is 4.74. The monoisotopic (exact) mass is 299 g/mol. The fraction of sp³-hybridized carbons (Fsp3) is 0.786. The third-order valence-corrected chi connectivity index (χ3v) is 5.11. The summed E-state index contributed by atoms with van der Waals surface area (Å²) in [5.74, 6) is 1.25. The summed E-state index contributed by atoms with van der Waals surface area (Å²) in [6.45, 7) is 13.2. The molecule has 1 saturated heterocycles. The Hall–Kier alpha value is -0.100. The molecule has 1 aromatic heterocycles. The van der Waals surface area contributed by atoms with Crippen LogP contribution in [0.5, 0.6) is 0 Å². The van der Waals surface area contributed by atoms with Crippen LogP contribution in [-0.2, 0) is 13.1 Å². The summed E-state index contributed by atoms with van der Waals surface area (Å²) in [5.41, 5.74) is 1.39. The normalized spacial score (nSPS) is 21.8. The molecule has 1 unspecified atom stereocenters. The molecule has 19 heavy (non-hydrogen) atoms. The first-order valence-corrected chi connectivity index (χ1v) is 8.87. The molecule has 2 heterocycles. The standard InChI is InChI=1S/C14H25N3S2/c1-11-8-17(5-6-18-11)9-12-10-19-13(16-12)7-15-14(2,3)4/h10-11,15H,5-9H2,1-4H3. The number of nitrogens with one attached hydrogen (secondary N) is 1. The van der Waals surface area contributed by atoms with Crippen molar-refractivity contribution < 1.29 is 0 Å². The van der Waals surface area contributed by atoms with Crippen molar-refractivity contribution in [1.29, 1.82) is 0 Å². The number of thioether (sulfide) groups is 1. The van der Waals surface area contributed by atoms with Crippen LogP contribution in [0.4, 0.5) is 0 Å². The van der Waals surface area contributed by atoms with Crippen LogP contribution in [0.25, 0.3) is 0 Å². The van der Waals surface area contributed by atoms with Crippen molar-refractivity contribution >= 4 is 23.1 Å². The van der Waals surface area contributed by atoms with Gasteiger partial charge in [-0.25, -0.2) is 4.98 Å². The van der Waals surface area contributed by atoms with Crippen molar-refractivity contribution in [3.8, 4) is 0 Å². The molecule has 1 aliphatic heterocycles. The molecule has 1 aliphatic rings. The smallest absolute Gasteiger partial charge is 0.107 e. The van der Waals surface area contributed by atoms with Crippen LogP contribution in [0, 0.1) is 0 Å². The van der Waals surface area contributed by atoms with E-state index in [-0.39, 0.29) is 5.54 Å². The molecule has 2 rings (SSSR count). The first-order chi connectivity index (χ1) is 8.92. The van der Waals surface area contributed by atoms with E-state index in [2.05, 4.69) is 55.1 Å². The lowest BCUT2D eigenvalue weighted by Crippen LogP contribution is -2.36. The van der Waals surface area contributed by atoms with Crippen LogP contribution in [0.3, 0.4) is 0 Å². The van der Waals surface area contributed by atoms with E-state index < -0.39 is 0 Å². The Morgan fingerprint density at radius 1 is 1.47 bits per heavy atom. The minimum Gasteiger partial charge on any atom is -0.306 e. The molecule has 0 saturated carbocycles. The number of nitrogens with zero attached hydrogens (tertiary/aromatic N) is 2. The minimum absolute atomic E-state index is 0.158. The van der Waals surface area contributed by atoms with Crippen LogP contribution in [-0.4, -0.2) is 39.5 Å². The van der Waals surface area contributed by atoms with Crippen LogP contribution in [0.2, 0.25) is 0 Å². The SMILES string of the molecule is CC1CN(Cc2csc(CNC(C)(C)C)n2)CCS1. The second-order valence-electron chi connectivity index (χ2n) is 6.25. The van der Waals surface area contributed by atoms with E-state index in [0.717, 1.165) is 18.3 Å². The van der Waals surface area contributed by atoms with Crippen LogP contribution >= 0.6 is 23.1 Å². The Kier molecular flexibility index (Phi) is 5.29. The highest BCUT2D eigenvalue weighted by Crippen LogP contribution is 2.20. The Morgan fingerprint density at radius 3 is 2.95 bits per heavy atom. The van der Waals surface area contributed by atoms with Crippen molar-refractivity contribution in [3.63, 3.8) is 0 Å². The van der Waals surface area contributed by atoms with Gasteiger partial charge in [0, 0.05) is 48.1 Å². The van der Waals surface area contributed by atoms with E-state index in [1.165, 1.54) is 29.5 Å². The largest absolute Gasteiger partial charge is 0.306 e. The van der Waals surface area contributed by atoms with Crippen molar-refractivity contribution in [2.45, 2.75) is 51.6 Å². The highest BCUT2D eigenvalue weighted by atomic mass is 32.2. The van der Waals surface area contributed by atoms with Crippen LogP contribution in [0.15, 0.2) is 5.38 Å². The summed E-state index contributed by atoms with van der Waals surface area (Å²) in [5, 5.41) is 7.66. The van der Waals surface area contributed by atoms with Crippen LogP contribution < -0.4 is 5.32 Å². The number of rotatable bonds is 4. The lowest BCUT2D eigenvalue weighted by molar-refractivity contribution is 0.275. The number of thiazole rings is 1. The van der Waals surface area contributed by atoms with Gasteiger partial charge in [-0.1, -0.05) is 6.92 Å². The first-order valence-electron chi connectivity index (χ1n) is 6.95. The van der Waals surface area contributed by atoms with Gasteiger partial charge in [-0.3, -0.25) is 4.90 Å². The average molecular weight is 300 g/mol. The molecular weight excluding hydrogens is 274 g/mol. The van der Waals surface area contributed by atoms with Crippen molar-refractivity contribution in [2.75, 3.05) is 18.8 Å². The maximum Gasteiger partial charge on any atom is 0.107 e. The molecule has 5 heteroatoms. The van der Waals surface area contributed by atoms with E-state index in [0.29, 0.717) is 0 Å². The molecule has 1 N–H and O–H groups in total. The van der Waals surface area contributed by atoms with E-state index >= 15 is 0 Å². The highest BCUT2D eigenvalue weighted by molar-refractivity contribution is 7.99. The van der Waals surface area contributed by atoms with E-state index in [1.54, 1.807) is 11.3 Å². The van der Waals surface area contributed by atoms with Gasteiger partial charge in [-0.05, 0) is 20.8 Å². The summed E-state index contributed by atoms with van der Waals surface area (Å²) in [6.07, 6.45) is 0. The Morgan fingerprint density at radius 2 is 2.26 bits per heavy atom. The molecule has 0 amide bonds. The Labute approximate surface area is 125 Å². The Bertz CT molecular complexity index is 398. The summed E-state index contributed by atoms with van der Waals surface area (Å²) in [7, 11) is 0. The zero-order valence-electron chi connectivity index (χ0n) is 12.4. The lowest BCUT2D eigenvalue weighted by atomic mass is 10.1. The molecule has 0 radical (unpaired) electrons. The molecule has 0 aliphatic carbocycles. The molecule has 0 bridgehead atoms. The predicted octanol–water partition coefficient (Wildman–Crippen LogP) is 2.97. The van der Waals surface area contributed by atoms with Gasteiger partial charge >= 0.3 is 0 Å². The molecule has 1 aromatic rings.